The molecule has 21 heavy (non-hydrogen) atoms. The van der Waals surface area contributed by atoms with Gasteiger partial charge in [-0.25, -0.2) is 0 Å². The van der Waals surface area contributed by atoms with E-state index >= 15 is 0 Å². The normalized spacial score (nSPS) is 11.5. The third-order valence-corrected chi connectivity index (χ3v) is 3.55. The van der Waals surface area contributed by atoms with Crippen molar-refractivity contribution in [3.05, 3.63) is 68.2 Å². The van der Waals surface area contributed by atoms with Gasteiger partial charge in [0.2, 0.25) is 0 Å². The number of hydrogen-bond acceptors (Lipinski definition) is 4. The summed E-state index contributed by atoms with van der Waals surface area (Å²) in [5, 5.41) is 23.3. The Morgan fingerprint density at radius 3 is 2.67 bits per heavy atom. The Hall–Kier alpha value is -2.39. The second-order valence-corrected chi connectivity index (χ2v) is 5.41. The smallest absolute Gasteiger partial charge is 0.309 e. The van der Waals surface area contributed by atoms with Gasteiger partial charge in [-0.1, -0.05) is 34.1 Å². The highest BCUT2D eigenvalue weighted by Crippen LogP contribution is 2.31. The molecule has 0 aromatic heterocycles. The molecule has 0 amide bonds. The number of hydrogen-bond donors (Lipinski definition) is 1. The molecule has 0 heterocycles. The molecule has 0 saturated heterocycles. The molecule has 0 bridgehead atoms. The van der Waals surface area contributed by atoms with E-state index in [1.807, 2.05) is 37.3 Å². The summed E-state index contributed by atoms with van der Waals surface area (Å²) in [7, 11) is 0. The zero-order chi connectivity index (χ0) is 15.4. The minimum atomic E-state index is -0.533. The van der Waals surface area contributed by atoms with Crippen molar-refractivity contribution in [3.8, 4) is 6.07 Å². The number of nitriles is 1. The first-order chi connectivity index (χ1) is 10.0. The fourth-order valence-electron chi connectivity index (χ4n) is 2.04. The molecule has 0 aliphatic heterocycles. The molecule has 0 fully saturated rings. The summed E-state index contributed by atoms with van der Waals surface area (Å²) in [6, 6.07) is 14.1. The molecule has 0 aliphatic rings. The van der Waals surface area contributed by atoms with E-state index in [0.29, 0.717) is 5.69 Å². The molecular formula is C15H12BrN3O2. The van der Waals surface area contributed by atoms with Crippen molar-refractivity contribution in [1.29, 1.82) is 5.26 Å². The molecule has 0 radical (unpaired) electrons. The highest BCUT2D eigenvalue weighted by Gasteiger charge is 2.20. The Labute approximate surface area is 130 Å². The predicted octanol–water partition coefficient (Wildman–Crippen LogP) is 4.40. The van der Waals surface area contributed by atoms with Crippen LogP contribution in [0.3, 0.4) is 0 Å². The lowest BCUT2D eigenvalue weighted by atomic mass is 10.1. The minimum Gasteiger partial charge on any atom is -0.373 e. The summed E-state index contributed by atoms with van der Waals surface area (Å²) in [6.45, 7) is 1.91. The average Bonchev–Trinajstić information content (AvgIpc) is 2.46. The maximum atomic E-state index is 11.2. The van der Waals surface area contributed by atoms with Crippen molar-refractivity contribution in [1.82, 2.24) is 0 Å². The van der Waals surface area contributed by atoms with Crippen LogP contribution in [0.5, 0.6) is 0 Å². The zero-order valence-electron chi connectivity index (χ0n) is 11.2. The van der Waals surface area contributed by atoms with E-state index in [4.69, 9.17) is 5.26 Å². The summed E-state index contributed by atoms with van der Waals surface area (Å²) in [6.07, 6.45) is 0. The van der Waals surface area contributed by atoms with Gasteiger partial charge in [0.05, 0.1) is 4.92 Å². The van der Waals surface area contributed by atoms with E-state index < -0.39 is 4.92 Å². The topological polar surface area (TPSA) is 79.0 Å². The predicted molar refractivity (Wildman–Crippen MR) is 84.0 cm³/mol. The largest absolute Gasteiger partial charge is 0.373 e. The van der Waals surface area contributed by atoms with Crippen LogP contribution >= 0.6 is 15.9 Å². The van der Waals surface area contributed by atoms with Crippen molar-refractivity contribution in [2.24, 2.45) is 0 Å². The second kappa shape index (κ2) is 6.37. The maximum absolute atomic E-state index is 11.2. The standard InChI is InChI=1S/C15H12BrN3O2/c1-10(11-4-2-6-13(16)8-11)18-14-7-3-5-12(9-17)15(14)19(20)21/h2-8,10,18H,1H3. The SMILES string of the molecule is CC(Nc1cccc(C#N)c1[N+](=O)[O-])c1cccc(Br)c1. The first kappa shape index (κ1) is 15.0. The van der Waals surface area contributed by atoms with Crippen LogP contribution in [0, 0.1) is 21.4 Å². The number of rotatable bonds is 4. The number of benzene rings is 2. The maximum Gasteiger partial charge on any atom is 0.309 e. The van der Waals surface area contributed by atoms with Crippen LogP contribution in [-0.2, 0) is 0 Å². The molecule has 1 unspecified atom stereocenters. The molecule has 106 valence electrons. The van der Waals surface area contributed by atoms with Crippen LogP contribution in [0.25, 0.3) is 0 Å². The summed E-state index contributed by atoms with van der Waals surface area (Å²) in [5.74, 6) is 0. The number of nitrogens with zero attached hydrogens (tertiary/aromatic N) is 2. The van der Waals surface area contributed by atoms with Crippen molar-refractivity contribution >= 4 is 27.3 Å². The molecule has 1 atom stereocenters. The van der Waals surface area contributed by atoms with Crippen LogP contribution < -0.4 is 5.32 Å². The molecule has 6 heteroatoms. The van der Waals surface area contributed by atoms with Gasteiger partial charge in [-0.15, -0.1) is 0 Å². The van der Waals surface area contributed by atoms with Crippen LogP contribution in [0.4, 0.5) is 11.4 Å². The van der Waals surface area contributed by atoms with Crippen LogP contribution in [0.1, 0.15) is 24.1 Å². The third kappa shape index (κ3) is 3.38. The minimum absolute atomic E-state index is 0.0476. The van der Waals surface area contributed by atoms with Gasteiger partial charge >= 0.3 is 5.69 Å². The van der Waals surface area contributed by atoms with Gasteiger partial charge in [-0.2, -0.15) is 5.26 Å². The van der Waals surface area contributed by atoms with Crippen LogP contribution in [-0.4, -0.2) is 4.92 Å². The van der Waals surface area contributed by atoms with E-state index in [-0.39, 0.29) is 17.3 Å². The Morgan fingerprint density at radius 2 is 2.05 bits per heavy atom. The highest BCUT2D eigenvalue weighted by molar-refractivity contribution is 9.10. The summed E-state index contributed by atoms with van der Waals surface area (Å²) >= 11 is 3.40. The Morgan fingerprint density at radius 1 is 1.33 bits per heavy atom. The fraction of sp³-hybridized carbons (Fsp3) is 0.133. The number of nitro groups is 1. The van der Waals surface area contributed by atoms with Crippen molar-refractivity contribution in [2.45, 2.75) is 13.0 Å². The van der Waals surface area contributed by atoms with Gasteiger partial charge in [0.15, 0.2) is 0 Å². The lowest BCUT2D eigenvalue weighted by molar-refractivity contribution is -0.384. The molecular weight excluding hydrogens is 334 g/mol. The van der Waals surface area contributed by atoms with Gasteiger partial charge in [0.25, 0.3) is 0 Å². The first-order valence-electron chi connectivity index (χ1n) is 6.22. The van der Waals surface area contributed by atoms with Crippen molar-refractivity contribution in [3.63, 3.8) is 0 Å². The van der Waals surface area contributed by atoms with Gasteiger partial charge in [0.1, 0.15) is 17.3 Å². The Bertz CT molecular complexity index is 725. The zero-order valence-corrected chi connectivity index (χ0v) is 12.8. The molecule has 2 rings (SSSR count). The quantitative estimate of drug-likeness (QED) is 0.657. The van der Waals surface area contributed by atoms with E-state index in [1.165, 1.54) is 6.07 Å². The summed E-state index contributed by atoms with van der Waals surface area (Å²) in [5.41, 5.74) is 1.18. The molecule has 5 nitrogen and oxygen atoms in total. The van der Waals surface area contributed by atoms with E-state index in [1.54, 1.807) is 12.1 Å². The van der Waals surface area contributed by atoms with E-state index in [2.05, 4.69) is 21.2 Å². The van der Waals surface area contributed by atoms with Crippen molar-refractivity contribution in [2.75, 3.05) is 5.32 Å². The monoisotopic (exact) mass is 345 g/mol. The molecule has 1 N–H and O–H groups in total. The number of para-hydroxylation sites is 1. The molecule has 0 aliphatic carbocycles. The van der Waals surface area contributed by atoms with Gasteiger partial charge in [0, 0.05) is 10.5 Å². The Balaban J connectivity index is 2.36. The lowest BCUT2D eigenvalue weighted by Crippen LogP contribution is -2.09. The lowest BCUT2D eigenvalue weighted by Gasteiger charge is -2.16. The second-order valence-electron chi connectivity index (χ2n) is 4.49. The van der Waals surface area contributed by atoms with Gasteiger partial charge in [-0.05, 0) is 36.8 Å². The highest BCUT2D eigenvalue weighted by atomic mass is 79.9. The van der Waals surface area contributed by atoms with Crippen LogP contribution in [0.15, 0.2) is 46.9 Å². The number of halogens is 1. The molecule has 2 aromatic carbocycles. The average molecular weight is 346 g/mol. The first-order valence-corrected chi connectivity index (χ1v) is 7.01. The molecule has 0 spiro atoms. The summed E-state index contributed by atoms with van der Waals surface area (Å²) < 4.78 is 0.939. The van der Waals surface area contributed by atoms with Gasteiger partial charge < -0.3 is 5.32 Å². The number of nitrogens with one attached hydrogen (secondary N) is 1. The Kier molecular flexibility index (Phi) is 4.55. The molecule has 0 saturated carbocycles. The fourth-order valence-corrected chi connectivity index (χ4v) is 2.46. The van der Waals surface area contributed by atoms with E-state index in [9.17, 15) is 10.1 Å². The van der Waals surface area contributed by atoms with Crippen molar-refractivity contribution < 1.29 is 4.92 Å². The molecule has 2 aromatic rings. The third-order valence-electron chi connectivity index (χ3n) is 3.06. The number of nitro benzene ring substituents is 1. The van der Waals surface area contributed by atoms with Crippen LogP contribution in [0.2, 0.25) is 0 Å². The summed E-state index contributed by atoms with van der Waals surface area (Å²) in [4.78, 5) is 10.6. The van der Waals surface area contributed by atoms with Gasteiger partial charge in [-0.3, -0.25) is 10.1 Å². The number of anilines is 1. The van der Waals surface area contributed by atoms with E-state index in [0.717, 1.165) is 10.0 Å².